The maximum absolute atomic E-state index is 13.3. The third kappa shape index (κ3) is 5.63. The molecule has 200 valence electrons. The number of hydrazine groups is 1. The second-order valence-corrected chi connectivity index (χ2v) is 11.1. The van der Waals surface area contributed by atoms with Gasteiger partial charge in [0.1, 0.15) is 17.3 Å². The van der Waals surface area contributed by atoms with Gasteiger partial charge in [0.25, 0.3) is 10.0 Å². The van der Waals surface area contributed by atoms with Crippen LogP contribution in [-0.2, 0) is 10.0 Å². The average molecular weight is 556 g/mol. The zero-order valence-corrected chi connectivity index (χ0v) is 22.6. The minimum absolute atomic E-state index is 0.0174. The molecule has 0 amide bonds. The summed E-state index contributed by atoms with van der Waals surface area (Å²) in [5.41, 5.74) is 7.47. The van der Waals surface area contributed by atoms with Gasteiger partial charge < -0.3 is 26.6 Å². The highest BCUT2D eigenvalue weighted by Crippen LogP contribution is 2.36. The van der Waals surface area contributed by atoms with Crippen LogP contribution >= 0.6 is 11.3 Å². The van der Waals surface area contributed by atoms with E-state index in [-0.39, 0.29) is 17.2 Å². The number of benzene rings is 1. The Balaban J connectivity index is 1.84. The molecule has 1 saturated heterocycles. The lowest BCUT2D eigenvalue weighted by Gasteiger charge is -2.23. The first kappa shape index (κ1) is 27.1. The smallest absolute Gasteiger partial charge is 0.296 e. The summed E-state index contributed by atoms with van der Waals surface area (Å²) < 4.78 is 27.0. The van der Waals surface area contributed by atoms with Gasteiger partial charge in [0, 0.05) is 50.5 Å². The molecule has 1 aliphatic rings. The van der Waals surface area contributed by atoms with Crippen LogP contribution in [0.1, 0.15) is 17.7 Å². The summed E-state index contributed by atoms with van der Waals surface area (Å²) in [7, 11) is -2.73. The molecule has 0 radical (unpaired) electrons. The zero-order chi connectivity index (χ0) is 27.3. The standard InChI is InChI=1S/C23H29N11O2S2/c1-15-20(37-23(27-2)29-15)19-18(14-25)21(38(35,36)34(26)11-7-24)32-22(31-19)30-16-5-3-6-17(13-16)33-10-4-8-28-9-12-33/h3,5-7,11,13,28H,4,8-10,12,24,26H2,1-2H3,(H,27,29)(H,30,31,32)/b11-7-. The molecular weight excluding hydrogens is 526 g/mol. The fraction of sp³-hybridized carbons (Fsp3) is 0.304. The molecule has 0 bridgehead atoms. The Morgan fingerprint density at radius 3 is 2.79 bits per heavy atom. The van der Waals surface area contributed by atoms with Crippen molar-refractivity contribution in [3.63, 3.8) is 0 Å². The van der Waals surface area contributed by atoms with Gasteiger partial charge in [-0.1, -0.05) is 17.4 Å². The summed E-state index contributed by atoms with van der Waals surface area (Å²) in [5.74, 6) is 5.72. The Labute approximate surface area is 225 Å². The molecule has 13 nitrogen and oxygen atoms in total. The number of nitrogens with two attached hydrogens (primary N) is 2. The van der Waals surface area contributed by atoms with Crippen LogP contribution in [0.4, 0.5) is 22.5 Å². The van der Waals surface area contributed by atoms with Gasteiger partial charge in [-0.2, -0.15) is 18.7 Å². The molecule has 0 unspecified atom stereocenters. The molecule has 3 heterocycles. The first-order chi connectivity index (χ1) is 18.3. The van der Waals surface area contributed by atoms with E-state index in [9.17, 15) is 13.7 Å². The van der Waals surface area contributed by atoms with Crippen LogP contribution in [0.15, 0.2) is 41.7 Å². The lowest BCUT2D eigenvalue weighted by Crippen LogP contribution is -2.34. The van der Waals surface area contributed by atoms with Gasteiger partial charge in [0.05, 0.1) is 10.6 Å². The van der Waals surface area contributed by atoms with E-state index in [1.807, 2.05) is 30.3 Å². The quantitative estimate of drug-likeness (QED) is 0.154. The minimum Gasteiger partial charge on any atom is -0.403 e. The van der Waals surface area contributed by atoms with E-state index in [0.717, 1.165) is 50.7 Å². The third-order valence-corrected chi connectivity index (χ3v) is 8.42. The Kier molecular flexibility index (Phi) is 8.27. The van der Waals surface area contributed by atoms with Gasteiger partial charge >= 0.3 is 0 Å². The number of aromatic nitrogens is 3. The predicted molar refractivity (Wildman–Crippen MR) is 148 cm³/mol. The van der Waals surface area contributed by atoms with Crippen LogP contribution in [0.5, 0.6) is 0 Å². The molecule has 0 spiro atoms. The number of hydrogen-bond acceptors (Lipinski definition) is 13. The van der Waals surface area contributed by atoms with E-state index in [0.29, 0.717) is 25.8 Å². The summed E-state index contributed by atoms with van der Waals surface area (Å²) in [4.78, 5) is 16.0. The Hall–Kier alpha value is -3.97. The van der Waals surface area contributed by atoms with Gasteiger partial charge in [-0.05, 0) is 38.1 Å². The summed E-state index contributed by atoms with van der Waals surface area (Å²) in [5, 5.41) is 19.5. The van der Waals surface area contributed by atoms with E-state index in [1.54, 1.807) is 14.0 Å². The SMILES string of the molecule is CNc1nc(C)c(-c2nc(Nc3cccc(N4CCCNCC4)c3)nc(S(=O)(=O)N(N)/C=C\N)c2C#N)s1. The Bertz CT molecular complexity index is 1470. The number of aryl methyl sites for hydroxylation is 1. The Morgan fingerprint density at radius 1 is 1.26 bits per heavy atom. The van der Waals surface area contributed by atoms with E-state index in [2.05, 4.69) is 35.8 Å². The molecule has 1 aromatic carbocycles. The normalized spacial score (nSPS) is 14.2. The lowest BCUT2D eigenvalue weighted by molar-refractivity contribution is 0.507. The molecule has 0 atom stereocenters. The zero-order valence-electron chi connectivity index (χ0n) is 21.0. The number of nitriles is 1. The molecule has 4 rings (SSSR count). The second kappa shape index (κ2) is 11.6. The summed E-state index contributed by atoms with van der Waals surface area (Å²) >= 11 is 1.24. The van der Waals surface area contributed by atoms with E-state index < -0.39 is 15.0 Å². The number of rotatable bonds is 8. The van der Waals surface area contributed by atoms with Crippen LogP contribution in [-0.4, -0.2) is 61.0 Å². The molecule has 0 aliphatic carbocycles. The predicted octanol–water partition coefficient (Wildman–Crippen LogP) is 1.66. The molecule has 2 aromatic heterocycles. The van der Waals surface area contributed by atoms with Crippen LogP contribution in [0.2, 0.25) is 0 Å². The lowest BCUT2D eigenvalue weighted by atomic mass is 10.2. The number of nitrogens with zero attached hydrogens (tertiary/aromatic N) is 6. The van der Waals surface area contributed by atoms with Gasteiger partial charge in [-0.15, -0.1) is 0 Å². The van der Waals surface area contributed by atoms with Crippen molar-refractivity contribution in [3.8, 4) is 16.6 Å². The van der Waals surface area contributed by atoms with E-state index in [4.69, 9.17) is 11.6 Å². The van der Waals surface area contributed by atoms with E-state index in [1.165, 1.54) is 11.3 Å². The first-order valence-corrected chi connectivity index (χ1v) is 14.0. The van der Waals surface area contributed by atoms with Gasteiger partial charge in [0.2, 0.25) is 11.0 Å². The third-order valence-electron chi connectivity index (χ3n) is 5.78. The molecular formula is C23H29N11O2S2. The van der Waals surface area contributed by atoms with Gasteiger partial charge in [0.15, 0.2) is 5.13 Å². The fourth-order valence-electron chi connectivity index (χ4n) is 3.95. The topological polar surface area (TPSA) is 191 Å². The summed E-state index contributed by atoms with van der Waals surface area (Å²) in [6, 6.07) is 9.64. The second-order valence-electron chi connectivity index (χ2n) is 8.31. The van der Waals surface area contributed by atoms with Crippen molar-refractivity contribution in [2.45, 2.75) is 18.4 Å². The number of hydrogen-bond donors (Lipinski definition) is 5. The molecule has 1 fully saturated rings. The van der Waals surface area contributed by atoms with Crippen molar-refractivity contribution < 1.29 is 8.42 Å². The highest BCUT2D eigenvalue weighted by molar-refractivity contribution is 7.89. The van der Waals surface area contributed by atoms with Crippen molar-refractivity contribution in [3.05, 3.63) is 47.9 Å². The highest BCUT2D eigenvalue weighted by Gasteiger charge is 2.30. The van der Waals surface area contributed by atoms with Crippen molar-refractivity contribution >= 4 is 43.8 Å². The molecule has 15 heteroatoms. The fourth-order valence-corrected chi connectivity index (χ4v) is 5.90. The van der Waals surface area contributed by atoms with Crippen molar-refractivity contribution in [2.75, 3.05) is 48.8 Å². The van der Waals surface area contributed by atoms with Crippen molar-refractivity contribution in [2.24, 2.45) is 11.6 Å². The molecule has 3 aromatic rings. The summed E-state index contributed by atoms with van der Waals surface area (Å²) in [6.45, 7) is 5.38. The van der Waals surface area contributed by atoms with Crippen LogP contribution in [0.25, 0.3) is 10.6 Å². The van der Waals surface area contributed by atoms with Crippen molar-refractivity contribution in [1.29, 1.82) is 5.26 Å². The minimum atomic E-state index is -4.45. The molecule has 1 aliphatic heterocycles. The Morgan fingerprint density at radius 2 is 2.08 bits per heavy atom. The van der Waals surface area contributed by atoms with Crippen LogP contribution in [0.3, 0.4) is 0 Å². The summed E-state index contributed by atoms with van der Waals surface area (Å²) in [6.07, 6.45) is 2.96. The van der Waals surface area contributed by atoms with Crippen LogP contribution in [0, 0.1) is 18.3 Å². The number of thiazole rings is 1. The number of sulfonamides is 1. The maximum atomic E-state index is 13.3. The molecule has 38 heavy (non-hydrogen) atoms. The molecule has 7 N–H and O–H groups in total. The molecule has 0 saturated carbocycles. The maximum Gasteiger partial charge on any atom is 0.296 e. The van der Waals surface area contributed by atoms with Gasteiger partial charge in [-0.25, -0.2) is 20.2 Å². The van der Waals surface area contributed by atoms with Gasteiger partial charge in [-0.3, -0.25) is 0 Å². The largest absolute Gasteiger partial charge is 0.403 e. The van der Waals surface area contributed by atoms with E-state index >= 15 is 0 Å². The van der Waals surface area contributed by atoms with Crippen molar-refractivity contribution in [1.82, 2.24) is 24.7 Å². The highest BCUT2D eigenvalue weighted by atomic mass is 32.2. The number of nitrogens with one attached hydrogen (secondary N) is 3. The monoisotopic (exact) mass is 555 g/mol. The van der Waals surface area contributed by atoms with Crippen LogP contribution < -0.4 is 32.4 Å². The average Bonchev–Trinajstić information content (AvgIpc) is 3.09. The first-order valence-electron chi connectivity index (χ1n) is 11.8. The number of anilines is 4.